The number of ether oxygens (including phenoxy) is 1. The summed E-state index contributed by atoms with van der Waals surface area (Å²) in [5.41, 5.74) is 1.93. The molecule has 1 aliphatic rings. The van der Waals surface area contributed by atoms with E-state index in [1.165, 1.54) is 11.8 Å². The van der Waals surface area contributed by atoms with Gasteiger partial charge in [0.15, 0.2) is 5.16 Å². The highest BCUT2D eigenvalue weighted by Crippen LogP contribution is 2.19. The number of nitrogens with zero attached hydrogens (tertiary/aromatic N) is 4. The molecule has 2 aromatic rings. The first-order valence-corrected chi connectivity index (χ1v) is 10.3. The van der Waals surface area contributed by atoms with Gasteiger partial charge in [0.05, 0.1) is 18.4 Å². The van der Waals surface area contributed by atoms with Crippen molar-refractivity contribution in [3.63, 3.8) is 0 Å². The van der Waals surface area contributed by atoms with Crippen LogP contribution in [-0.2, 0) is 22.6 Å². The predicted molar refractivity (Wildman–Crippen MR) is 110 cm³/mol. The largest absolute Gasteiger partial charge is 0.378 e. The van der Waals surface area contributed by atoms with Gasteiger partial charge < -0.3 is 14.5 Å². The number of carbonyl (C=O) groups is 1. The highest BCUT2D eigenvalue weighted by molar-refractivity contribution is 7.99. The lowest BCUT2D eigenvalue weighted by Crippen LogP contribution is -2.28. The van der Waals surface area contributed by atoms with Crippen LogP contribution in [0.2, 0.25) is 0 Å². The molecule has 152 valence electrons. The molecule has 1 atom stereocenters. The Balaban J connectivity index is 1.54. The number of hydrogen-bond donors (Lipinski definition) is 1. The number of rotatable bonds is 8. The first kappa shape index (κ1) is 20.5. The van der Waals surface area contributed by atoms with E-state index in [-0.39, 0.29) is 23.5 Å². The van der Waals surface area contributed by atoms with Gasteiger partial charge in [0.1, 0.15) is 0 Å². The van der Waals surface area contributed by atoms with Crippen molar-refractivity contribution >= 4 is 23.4 Å². The Hall–Kier alpha value is -2.26. The summed E-state index contributed by atoms with van der Waals surface area (Å²) in [7, 11) is 5.78. The van der Waals surface area contributed by atoms with Crippen molar-refractivity contribution in [2.45, 2.75) is 37.2 Å². The molecule has 0 aliphatic carbocycles. The molecule has 8 nitrogen and oxygen atoms in total. The van der Waals surface area contributed by atoms with Crippen LogP contribution in [0.5, 0.6) is 0 Å². The Morgan fingerprint density at radius 3 is 2.71 bits per heavy atom. The molecule has 0 spiro atoms. The number of aromatic nitrogens is 3. The molecule has 1 aromatic carbocycles. The second kappa shape index (κ2) is 9.29. The predicted octanol–water partition coefficient (Wildman–Crippen LogP) is 1.57. The number of anilines is 1. The van der Waals surface area contributed by atoms with Crippen LogP contribution in [0.25, 0.3) is 0 Å². The van der Waals surface area contributed by atoms with Gasteiger partial charge in [-0.25, -0.2) is 9.89 Å². The van der Waals surface area contributed by atoms with Gasteiger partial charge in [0.25, 0.3) is 0 Å². The SMILES string of the molecule is CN(Cc1ccc(N(C)C)cc1)C(=O)CSc1n[nH]c(=O)n1C[C@H]1CCCO1. The van der Waals surface area contributed by atoms with Gasteiger partial charge in [-0.15, -0.1) is 5.10 Å². The van der Waals surface area contributed by atoms with E-state index < -0.39 is 0 Å². The second-order valence-electron chi connectivity index (χ2n) is 7.16. The van der Waals surface area contributed by atoms with Crippen molar-refractivity contribution < 1.29 is 9.53 Å². The molecule has 9 heteroatoms. The van der Waals surface area contributed by atoms with E-state index in [4.69, 9.17) is 4.74 Å². The van der Waals surface area contributed by atoms with Gasteiger partial charge in [-0.2, -0.15) is 0 Å². The maximum Gasteiger partial charge on any atom is 0.344 e. The summed E-state index contributed by atoms with van der Waals surface area (Å²) in [5, 5.41) is 7.05. The Morgan fingerprint density at radius 2 is 2.07 bits per heavy atom. The summed E-state index contributed by atoms with van der Waals surface area (Å²) in [6, 6.07) is 8.13. The van der Waals surface area contributed by atoms with Crippen LogP contribution >= 0.6 is 11.8 Å². The minimum Gasteiger partial charge on any atom is -0.378 e. The molecule has 28 heavy (non-hydrogen) atoms. The van der Waals surface area contributed by atoms with Gasteiger partial charge in [-0.05, 0) is 30.5 Å². The molecule has 1 amide bonds. The van der Waals surface area contributed by atoms with Crippen molar-refractivity contribution in [3.8, 4) is 0 Å². The number of thioether (sulfide) groups is 1. The average molecular weight is 406 g/mol. The molecule has 3 rings (SSSR count). The minimum absolute atomic E-state index is 0.0131. The van der Waals surface area contributed by atoms with Crippen molar-refractivity contribution in [1.82, 2.24) is 19.7 Å². The van der Waals surface area contributed by atoms with Crippen molar-refractivity contribution in [3.05, 3.63) is 40.3 Å². The molecule has 1 fully saturated rings. The van der Waals surface area contributed by atoms with Gasteiger partial charge >= 0.3 is 5.69 Å². The molecule has 0 saturated carbocycles. The fraction of sp³-hybridized carbons (Fsp3) is 0.526. The molecule has 0 unspecified atom stereocenters. The molecule has 1 saturated heterocycles. The first-order valence-electron chi connectivity index (χ1n) is 9.34. The van der Waals surface area contributed by atoms with E-state index in [2.05, 4.69) is 10.2 Å². The topological polar surface area (TPSA) is 83.5 Å². The minimum atomic E-state index is -0.264. The zero-order chi connectivity index (χ0) is 20.1. The van der Waals surface area contributed by atoms with E-state index in [1.54, 1.807) is 16.5 Å². The van der Waals surface area contributed by atoms with Crippen LogP contribution in [0, 0.1) is 0 Å². The van der Waals surface area contributed by atoms with Crippen molar-refractivity contribution in [2.24, 2.45) is 0 Å². The number of carbonyl (C=O) groups excluding carboxylic acids is 1. The van der Waals surface area contributed by atoms with Crippen LogP contribution in [-0.4, -0.2) is 65.2 Å². The van der Waals surface area contributed by atoms with E-state index >= 15 is 0 Å². The van der Waals surface area contributed by atoms with Gasteiger partial charge in [0.2, 0.25) is 5.91 Å². The van der Waals surface area contributed by atoms with Crippen LogP contribution in [0.1, 0.15) is 18.4 Å². The summed E-state index contributed by atoms with van der Waals surface area (Å²) in [6.07, 6.45) is 1.99. The third-order valence-electron chi connectivity index (χ3n) is 4.76. The Bertz CT molecular complexity index is 840. The number of H-pyrrole nitrogens is 1. The maximum atomic E-state index is 12.5. The lowest BCUT2D eigenvalue weighted by atomic mass is 10.2. The number of hydrogen-bond acceptors (Lipinski definition) is 6. The fourth-order valence-electron chi connectivity index (χ4n) is 3.06. The molecular weight excluding hydrogens is 378 g/mol. The lowest BCUT2D eigenvalue weighted by Gasteiger charge is -2.18. The number of aromatic amines is 1. The zero-order valence-corrected chi connectivity index (χ0v) is 17.4. The Kier molecular flexibility index (Phi) is 6.79. The highest BCUT2D eigenvalue weighted by Gasteiger charge is 2.20. The molecule has 0 radical (unpaired) electrons. The summed E-state index contributed by atoms with van der Waals surface area (Å²) < 4.78 is 7.16. The van der Waals surface area contributed by atoms with Gasteiger partial charge in [-0.3, -0.25) is 9.36 Å². The first-order chi connectivity index (χ1) is 13.4. The summed E-state index contributed by atoms with van der Waals surface area (Å²) in [4.78, 5) is 28.2. The smallest absolute Gasteiger partial charge is 0.344 e. The highest BCUT2D eigenvalue weighted by atomic mass is 32.2. The van der Waals surface area contributed by atoms with E-state index in [0.29, 0.717) is 18.2 Å². The van der Waals surface area contributed by atoms with E-state index in [1.807, 2.05) is 43.3 Å². The monoisotopic (exact) mass is 405 g/mol. The molecule has 1 N–H and O–H groups in total. The van der Waals surface area contributed by atoms with E-state index in [9.17, 15) is 9.59 Å². The molecule has 2 heterocycles. The normalized spacial score (nSPS) is 16.3. The number of amides is 1. The summed E-state index contributed by atoms with van der Waals surface area (Å²) in [6.45, 7) is 1.74. The summed E-state index contributed by atoms with van der Waals surface area (Å²) in [5.74, 6) is 0.211. The molecule has 1 aliphatic heterocycles. The quantitative estimate of drug-likeness (QED) is 0.671. The molecule has 0 bridgehead atoms. The van der Waals surface area contributed by atoms with Crippen molar-refractivity contribution in [1.29, 1.82) is 0 Å². The standard InChI is InChI=1S/C19H27N5O3S/c1-22(2)15-8-6-14(7-9-15)11-23(3)17(25)13-28-19-21-20-18(26)24(19)12-16-5-4-10-27-16/h6-9,16H,4-5,10-13H2,1-3H3,(H,20,26)/t16-/m1/s1. The van der Waals surface area contributed by atoms with Crippen LogP contribution in [0.3, 0.4) is 0 Å². The van der Waals surface area contributed by atoms with E-state index in [0.717, 1.165) is 30.7 Å². The number of benzene rings is 1. The second-order valence-corrected chi connectivity index (χ2v) is 8.10. The van der Waals surface area contributed by atoms with Gasteiger partial charge in [-0.1, -0.05) is 23.9 Å². The average Bonchev–Trinajstić information content (AvgIpc) is 3.31. The lowest BCUT2D eigenvalue weighted by molar-refractivity contribution is -0.127. The van der Waals surface area contributed by atoms with Gasteiger partial charge in [0, 0.05) is 40.0 Å². The van der Waals surface area contributed by atoms with Crippen LogP contribution < -0.4 is 10.6 Å². The number of nitrogens with one attached hydrogen (secondary N) is 1. The molecule has 1 aromatic heterocycles. The maximum absolute atomic E-state index is 12.5. The fourth-order valence-corrected chi connectivity index (χ4v) is 3.96. The molecular formula is C19H27N5O3S. The van der Waals surface area contributed by atoms with Crippen LogP contribution in [0.4, 0.5) is 5.69 Å². The third kappa shape index (κ3) is 5.17. The van der Waals surface area contributed by atoms with Crippen molar-refractivity contribution in [2.75, 3.05) is 38.4 Å². The summed E-state index contributed by atoms with van der Waals surface area (Å²) >= 11 is 1.27. The Labute approximate surface area is 168 Å². The zero-order valence-electron chi connectivity index (χ0n) is 16.6. The van der Waals surface area contributed by atoms with Crippen LogP contribution in [0.15, 0.2) is 34.2 Å². The third-order valence-corrected chi connectivity index (χ3v) is 5.72. The Morgan fingerprint density at radius 1 is 1.32 bits per heavy atom.